The predicted octanol–water partition coefficient (Wildman–Crippen LogP) is 4.01. The van der Waals surface area contributed by atoms with Crippen molar-refractivity contribution in [2.75, 3.05) is 20.3 Å². The summed E-state index contributed by atoms with van der Waals surface area (Å²) in [6.07, 6.45) is 0.709. The molecule has 140 valence electrons. The molecule has 0 aliphatic rings. The van der Waals surface area contributed by atoms with E-state index in [-0.39, 0.29) is 12.1 Å². The fraction of sp³-hybridized carbons (Fsp3) is 0.381. The third-order valence-corrected chi connectivity index (χ3v) is 4.15. The van der Waals surface area contributed by atoms with Gasteiger partial charge in [-0.1, -0.05) is 35.9 Å². The fourth-order valence-corrected chi connectivity index (χ4v) is 2.84. The average Bonchev–Trinajstić information content (AvgIpc) is 2.63. The SMILES string of the molecule is CCOc1ccc(C)cc1C(C)NC(=O)NCCc1ccccc1OC. The molecule has 5 nitrogen and oxygen atoms in total. The summed E-state index contributed by atoms with van der Waals surface area (Å²) in [5, 5.41) is 5.88. The molecule has 0 bridgehead atoms. The van der Waals surface area contributed by atoms with E-state index in [4.69, 9.17) is 9.47 Å². The smallest absolute Gasteiger partial charge is 0.315 e. The number of ether oxygens (including phenoxy) is 2. The van der Waals surface area contributed by atoms with Crippen molar-refractivity contribution in [2.24, 2.45) is 0 Å². The van der Waals surface area contributed by atoms with Crippen LogP contribution in [0.5, 0.6) is 11.5 Å². The quantitative estimate of drug-likeness (QED) is 0.751. The van der Waals surface area contributed by atoms with Crippen LogP contribution in [0, 0.1) is 6.92 Å². The van der Waals surface area contributed by atoms with Crippen LogP contribution in [0.15, 0.2) is 42.5 Å². The maximum absolute atomic E-state index is 12.2. The Kier molecular flexibility index (Phi) is 7.33. The summed E-state index contributed by atoms with van der Waals surface area (Å²) < 4.78 is 11.0. The molecule has 0 aliphatic carbocycles. The number of carbonyl (C=O) groups excluding carboxylic acids is 1. The van der Waals surface area contributed by atoms with E-state index in [9.17, 15) is 4.79 Å². The maximum atomic E-state index is 12.2. The molecule has 0 saturated heterocycles. The van der Waals surface area contributed by atoms with E-state index in [2.05, 4.69) is 10.6 Å². The van der Waals surface area contributed by atoms with Gasteiger partial charge in [0.1, 0.15) is 11.5 Å². The number of urea groups is 1. The van der Waals surface area contributed by atoms with Crippen LogP contribution >= 0.6 is 0 Å². The van der Waals surface area contributed by atoms with Gasteiger partial charge in [-0.3, -0.25) is 0 Å². The Bertz CT molecular complexity index is 731. The lowest BCUT2D eigenvalue weighted by Gasteiger charge is -2.19. The summed E-state index contributed by atoms with van der Waals surface area (Å²) in [6.45, 7) is 7.06. The molecule has 2 N–H and O–H groups in total. The van der Waals surface area contributed by atoms with Crippen LogP contribution in [-0.4, -0.2) is 26.3 Å². The molecule has 2 aromatic rings. The largest absolute Gasteiger partial charge is 0.496 e. The molecule has 2 amide bonds. The second-order valence-electron chi connectivity index (χ2n) is 6.16. The van der Waals surface area contributed by atoms with Crippen molar-refractivity contribution in [3.05, 3.63) is 59.2 Å². The first kappa shape index (κ1) is 19.6. The van der Waals surface area contributed by atoms with Gasteiger partial charge < -0.3 is 20.1 Å². The van der Waals surface area contributed by atoms with E-state index in [0.717, 1.165) is 28.2 Å². The van der Waals surface area contributed by atoms with E-state index in [1.807, 2.05) is 63.2 Å². The maximum Gasteiger partial charge on any atom is 0.315 e. The molecule has 0 fully saturated rings. The minimum absolute atomic E-state index is 0.150. The fourth-order valence-electron chi connectivity index (χ4n) is 2.84. The van der Waals surface area contributed by atoms with Gasteiger partial charge in [0, 0.05) is 12.1 Å². The highest BCUT2D eigenvalue weighted by Crippen LogP contribution is 2.26. The van der Waals surface area contributed by atoms with Gasteiger partial charge in [0.05, 0.1) is 19.8 Å². The highest BCUT2D eigenvalue weighted by Gasteiger charge is 2.14. The van der Waals surface area contributed by atoms with E-state index >= 15 is 0 Å². The van der Waals surface area contributed by atoms with Gasteiger partial charge in [-0.15, -0.1) is 0 Å². The summed E-state index contributed by atoms with van der Waals surface area (Å²) in [7, 11) is 1.65. The van der Waals surface area contributed by atoms with Crippen molar-refractivity contribution in [3.63, 3.8) is 0 Å². The Morgan fingerprint density at radius 1 is 1.15 bits per heavy atom. The first-order chi connectivity index (χ1) is 12.5. The lowest BCUT2D eigenvalue weighted by atomic mass is 10.0. The van der Waals surface area contributed by atoms with Crippen molar-refractivity contribution in [1.82, 2.24) is 10.6 Å². The van der Waals surface area contributed by atoms with Gasteiger partial charge in [-0.2, -0.15) is 0 Å². The van der Waals surface area contributed by atoms with Gasteiger partial charge in [-0.05, 0) is 44.9 Å². The summed E-state index contributed by atoms with van der Waals surface area (Å²) in [5.41, 5.74) is 3.18. The van der Waals surface area contributed by atoms with Gasteiger partial charge in [0.2, 0.25) is 0 Å². The highest BCUT2D eigenvalue weighted by atomic mass is 16.5. The number of hydrogen-bond donors (Lipinski definition) is 2. The number of carbonyl (C=O) groups is 1. The Balaban J connectivity index is 1.90. The summed E-state index contributed by atoms with van der Waals surface area (Å²) in [4.78, 5) is 12.2. The molecule has 0 saturated carbocycles. The van der Waals surface area contributed by atoms with Crippen LogP contribution < -0.4 is 20.1 Å². The van der Waals surface area contributed by atoms with E-state index in [0.29, 0.717) is 19.6 Å². The van der Waals surface area contributed by atoms with E-state index in [1.165, 1.54) is 0 Å². The molecule has 26 heavy (non-hydrogen) atoms. The average molecular weight is 356 g/mol. The number of nitrogens with one attached hydrogen (secondary N) is 2. The van der Waals surface area contributed by atoms with Crippen LogP contribution in [0.3, 0.4) is 0 Å². The number of hydrogen-bond acceptors (Lipinski definition) is 3. The zero-order valence-corrected chi connectivity index (χ0v) is 16.0. The molecule has 0 radical (unpaired) electrons. The van der Waals surface area contributed by atoms with E-state index < -0.39 is 0 Å². The Morgan fingerprint density at radius 2 is 1.92 bits per heavy atom. The Hall–Kier alpha value is -2.69. The normalized spacial score (nSPS) is 11.5. The van der Waals surface area contributed by atoms with Gasteiger partial charge in [0.15, 0.2) is 0 Å². The van der Waals surface area contributed by atoms with Crippen molar-refractivity contribution in [1.29, 1.82) is 0 Å². The van der Waals surface area contributed by atoms with Crippen LogP contribution in [0.2, 0.25) is 0 Å². The lowest BCUT2D eigenvalue weighted by Crippen LogP contribution is -2.38. The molecular weight excluding hydrogens is 328 g/mol. The topological polar surface area (TPSA) is 59.6 Å². The molecule has 0 aromatic heterocycles. The summed E-state index contributed by atoms with van der Waals surface area (Å²) in [5.74, 6) is 1.64. The van der Waals surface area contributed by atoms with Crippen molar-refractivity contribution >= 4 is 6.03 Å². The second kappa shape index (κ2) is 9.70. The number of para-hydroxylation sites is 1. The number of methoxy groups -OCH3 is 1. The van der Waals surface area contributed by atoms with Crippen LogP contribution in [-0.2, 0) is 6.42 Å². The summed E-state index contributed by atoms with van der Waals surface area (Å²) >= 11 is 0. The number of benzene rings is 2. The molecule has 0 heterocycles. The zero-order valence-electron chi connectivity index (χ0n) is 16.0. The molecule has 1 atom stereocenters. The third kappa shape index (κ3) is 5.41. The van der Waals surface area contributed by atoms with Gasteiger partial charge >= 0.3 is 6.03 Å². The molecule has 2 rings (SSSR count). The van der Waals surface area contributed by atoms with Crippen LogP contribution in [0.4, 0.5) is 4.79 Å². The predicted molar refractivity (Wildman–Crippen MR) is 104 cm³/mol. The first-order valence-electron chi connectivity index (χ1n) is 8.94. The third-order valence-electron chi connectivity index (χ3n) is 4.15. The van der Waals surface area contributed by atoms with Gasteiger partial charge in [-0.25, -0.2) is 4.79 Å². The number of rotatable bonds is 8. The minimum Gasteiger partial charge on any atom is -0.496 e. The molecule has 0 spiro atoms. The molecular formula is C21H28N2O3. The number of aryl methyl sites for hydroxylation is 1. The number of amides is 2. The minimum atomic E-state index is -0.198. The lowest BCUT2D eigenvalue weighted by molar-refractivity contribution is 0.237. The standard InChI is InChI=1S/C21H28N2O3/c1-5-26-20-11-10-15(2)14-18(20)16(3)23-21(24)22-13-12-17-8-6-7-9-19(17)25-4/h6-11,14,16H,5,12-13H2,1-4H3,(H2,22,23,24). The molecule has 0 aliphatic heterocycles. The molecule has 2 aromatic carbocycles. The van der Waals surface area contributed by atoms with Gasteiger partial charge in [0.25, 0.3) is 0 Å². The second-order valence-corrected chi connectivity index (χ2v) is 6.16. The first-order valence-corrected chi connectivity index (χ1v) is 8.94. The Labute approximate surface area is 155 Å². The van der Waals surface area contributed by atoms with Crippen molar-refractivity contribution in [3.8, 4) is 11.5 Å². The molecule has 5 heteroatoms. The van der Waals surface area contributed by atoms with Crippen molar-refractivity contribution < 1.29 is 14.3 Å². The Morgan fingerprint density at radius 3 is 2.65 bits per heavy atom. The van der Waals surface area contributed by atoms with E-state index in [1.54, 1.807) is 7.11 Å². The highest BCUT2D eigenvalue weighted by molar-refractivity contribution is 5.74. The zero-order chi connectivity index (χ0) is 18.9. The molecule has 1 unspecified atom stereocenters. The summed E-state index contributed by atoms with van der Waals surface area (Å²) in [6, 6.07) is 13.5. The van der Waals surface area contributed by atoms with Crippen LogP contribution in [0.25, 0.3) is 0 Å². The van der Waals surface area contributed by atoms with Crippen molar-refractivity contribution in [2.45, 2.75) is 33.2 Å². The monoisotopic (exact) mass is 356 g/mol. The van der Waals surface area contributed by atoms with Crippen LogP contribution in [0.1, 0.15) is 36.6 Å².